The Morgan fingerprint density at radius 3 is 2.84 bits per heavy atom. The van der Waals surface area contributed by atoms with Gasteiger partial charge in [0.15, 0.2) is 11.6 Å². The van der Waals surface area contributed by atoms with Crippen molar-refractivity contribution in [3.63, 3.8) is 0 Å². The Morgan fingerprint density at radius 2 is 2.16 bits per heavy atom. The largest absolute Gasteiger partial charge is 0.468 e. The van der Waals surface area contributed by atoms with Gasteiger partial charge in [-0.25, -0.2) is 9.97 Å². The number of imidazole rings is 1. The van der Waals surface area contributed by atoms with E-state index in [1.54, 1.807) is 17.4 Å². The number of aromatic nitrogens is 3. The zero-order valence-electron chi connectivity index (χ0n) is 13.1. The highest BCUT2D eigenvalue weighted by Gasteiger charge is 2.30. The number of nitrogens with zero attached hydrogens (tertiary/aromatic N) is 3. The predicted octanol–water partition coefficient (Wildman–Crippen LogP) is 4.22. The first-order valence-corrected chi connectivity index (χ1v) is 8.71. The van der Waals surface area contributed by atoms with E-state index in [0.29, 0.717) is 18.2 Å². The van der Waals surface area contributed by atoms with Crippen LogP contribution in [0.4, 0.5) is 18.9 Å². The molecule has 1 N–H and O–H groups in total. The Morgan fingerprint density at radius 1 is 1.32 bits per heavy atom. The van der Waals surface area contributed by atoms with Crippen molar-refractivity contribution in [1.82, 2.24) is 14.4 Å². The zero-order valence-corrected chi connectivity index (χ0v) is 13.9. The highest BCUT2D eigenvalue weighted by atomic mass is 32.1. The standard InChI is InChI=1S/C16H15F3N4OS/c17-16(18,19)9-24-13-4-3-11(7-21-13)20-8-12-14(10-1-2-10)22-15-23(12)5-6-25-15/h3-7,10,20H,1-2,8-9H2. The number of nitrogens with one attached hydrogen (secondary N) is 1. The van der Waals surface area contributed by atoms with E-state index in [1.165, 1.54) is 25.1 Å². The van der Waals surface area contributed by atoms with Gasteiger partial charge in [-0.2, -0.15) is 13.2 Å². The van der Waals surface area contributed by atoms with E-state index in [1.807, 2.05) is 11.6 Å². The van der Waals surface area contributed by atoms with Gasteiger partial charge in [-0.1, -0.05) is 0 Å². The predicted molar refractivity (Wildman–Crippen MR) is 88.2 cm³/mol. The molecule has 0 bridgehead atoms. The van der Waals surface area contributed by atoms with E-state index in [2.05, 4.69) is 19.4 Å². The molecule has 0 amide bonds. The Balaban J connectivity index is 1.43. The van der Waals surface area contributed by atoms with Crippen LogP contribution < -0.4 is 10.1 Å². The molecule has 3 heterocycles. The van der Waals surface area contributed by atoms with E-state index in [9.17, 15) is 13.2 Å². The van der Waals surface area contributed by atoms with Crippen molar-refractivity contribution in [2.45, 2.75) is 31.5 Å². The second-order valence-electron chi connectivity index (χ2n) is 5.92. The quantitative estimate of drug-likeness (QED) is 0.708. The van der Waals surface area contributed by atoms with Crippen molar-refractivity contribution in [3.8, 4) is 5.88 Å². The van der Waals surface area contributed by atoms with Gasteiger partial charge in [0.25, 0.3) is 0 Å². The molecule has 0 atom stereocenters. The third kappa shape index (κ3) is 3.71. The number of hydrogen-bond donors (Lipinski definition) is 1. The Bertz CT molecular complexity index is 868. The van der Waals surface area contributed by atoms with E-state index >= 15 is 0 Å². The molecule has 1 aliphatic rings. The van der Waals surface area contributed by atoms with Crippen LogP contribution in [0.2, 0.25) is 0 Å². The molecular formula is C16H15F3N4OS. The van der Waals surface area contributed by atoms with Gasteiger partial charge in [-0.15, -0.1) is 11.3 Å². The summed E-state index contributed by atoms with van der Waals surface area (Å²) < 4.78 is 43.1. The number of alkyl halides is 3. The highest BCUT2D eigenvalue weighted by molar-refractivity contribution is 7.15. The number of halogens is 3. The van der Waals surface area contributed by atoms with Gasteiger partial charge >= 0.3 is 6.18 Å². The molecule has 0 saturated heterocycles. The Labute approximate surface area is 145 Å². The highest BCUT2D eigenvalue weighted by Crippen LogP contribution is 2.41. The fourth-order valence-electron chi connectivity index (χ4n) is 2.62. The summed E-state index contributed by atoms with van der Waals surface area (Å²) in [6, 6.07) is 3.08. The molecular weight excluding hydrogens is 353 g/mol. The normalized spacial score (nSPS) is 14.8. The van der Waals surface area contributed by atoms with Gasteiger partial charge in [0.2, 0.25) is 5.88 Å². The summed E-state index contributed by atoms with van der Waals surface area (Å²) in [7, 11) is 0. The topological polar surface area (TPSA) is 51.5 Å². The maximum Gasteiger partial charge on any atom is 0.422 e. The third-order valence-corrected chi connectivity index (χ3v) is 4.69. The molecule has 25 heavy (non-hydrogen) atoms. The van der Waals surface area contributed by atoms with E-state index in [-0.39, 0.29) is 5.88 Å². The van der Waals surface area contributed by atoms with E-state index in [4.69, 9.17) is 4.98 Å². The van der Waals surface area contributed by atoms with Gasteiger partial charge < -0.3 is 10.1 Å². The monoisotopic (exact) mass is 368 g/mol. The first-order chi connectivity index (χ1) is 12.0. The summed E-state index contributed by atoms with van der Waals surface area (Å²) in [6.07, 6.45) is 1.44. The summed E-state index contributed by atoms with van der Waals surface area (Å²) in [5.41, 5.74) is 2.97. The third-order valence-electron chi connectivity index (χ3n) is 3.94. The first kappa shape index (κ1) is 16.2. The zero-order chi connectivity index (χ0) is 17.4. The lowest BCUT2D eigenvalue weighted by molar-refractivity contribution is -0.154. The first-order valence-electron chi connectivity index (χ1n) is 7.83. The molecule has 5 nitrogen and oxygen atoms in total. The summed E-state index contributed by atoms with van der Waals surface area (Å²) >= 11 is 1.60. The average molecular weight is 368 g/mol. The minimum atomic E-state index is -4.37. The lowest BCUT2D eigenvalue weighted by Crippen LogP contribution is -2.19. The van der Waals surface area contributed by atoms with Crippen LogP contribution in [0.3, 0.4) is 0 Å². The maximum absolute atomic E-state index is 12.1. The van der Waals surface area contributed by atoms with Crippen LogP contribution >= 0.6 is 11.3 Å². The number of anilines is 1. The number of hydrogen-bond acceptors (Lipinski definition) is 5. The smallest absolute Gasteiger partial charge is 0.422 e. The summed E-state index contributed by atoms with van der Waals surface area (Å²) in [6.45, 7) is -0.766. The second-order valence-corrected chi connectivity index (χ2v) is 6.79. The number of thiazole rings is 1. The average Bonchev–Trinajstić information content (AvgIpc) is 3.21. The van der Waals surface area contributed by atoms with Gasteiger partial charge in [0.05, 0.1) is 29.8 Å². The van der Waals surface area contributed by atoms with Crippen molar-refractivity contribution in [1.29, 1.82) is 0 Å². The van der Waals surface area contributed by atoms with Gasteiger partial charge in [-0.05, 0) is 18.9 Å². The van der Waals surface area contributed by atoms with E-state index < -0.39 is 12.8 Å². The molecule has 1 aliphatic carbocycles. The molecule has 0 spiro atoms. The lowest BCUT2D eigenvalue weighted by Gasteiger charge is -2.10. The Kier molecular flexibility index (Phi) is 4.03. The van der Waals surface area contributed by atoms with Crippen molar-refractivity contribution < 1.29 is 17.9 Å². The van der Waals surface area contributed by atoms with Crippen LogP contribution in [0, 0.1) is 0 Å². The molecule has 132 valence electrons. The van der Waals surface area contributed by atoms with Crippen molar-refractivity contribution in [2.75, 3.05) is 11.9 Å². The van der Waals surface area contributed by atoms with Gasteiger partial charge in [-0.3, -0.25) is 4.40 Å². The van der Waals surface area contributed by atoms with Crippen molar-refractivity contribution >= 4 is 22.0 Å². The second kappa shape index (κ2) is 6.21. The molecule has 1 saturated carbocycles. The molecule has 0 aliphatic heterocycles. The van der Waals surface area contributed by atoms with Crippen LogP contribution in [0.5, 0.6) is 5.88 Å². The van der Waals surface area contributed by atoms with Crippen molar-refractivity contribution in [2.24, 2.45) is 0 Å². The summed E-state index contributed by atoms with van der Waals surface area (Å²) in [4.78, 5) is 9.59. The van der Waals surface area contributed by atoms with Crippen LogP contribution in [-0.4, -0.2) is 27.2 Å². The molecule has 0 radical (unpaired) electrons. The molecule has 3 aromatic rings. The summed E-state index contributed by atoms with van der Waals surface area (Å²) in [5.74, 6) is 0.492. The van der Waals surface area contributed by atoms with E-state index in [0.717, 1.165) is 16.3 Å². The SMILES string of the molecule is FC(F)(F)COc1ccc(NCc2c(C3CC3)nc3sccn23)cn1. The summed E-state index contributed by atoms with van der Waals surface area (Å²) in [5, 5.41) is 5.25. The fourth-order valence-corrected chi connectivity index (χ4v) is 3.36. The Hall–Kier alpha value is -2.29. The minimum Gasteiger partial charge on any atom is -0.468 e. The van der Waals surface area contributed by atoms with Crippen LogP contribution in [-0.2, 0) is 6.54 Å². The van der Waals surface area contributed by atoms with Gasteiger partial charge in [0.1, 0.15) is 0 Å². The molecule has 0 aromatic carbocycles. The maximum atomic E-state index is 12.1. The number of pyridine rings is 1. The molecule has 4 rings (SSSR count). The van der Waals surface area contributed by atoms with Crippen LogP contribution in [0.15, 0.2) is 29.9 Å². The van der Waals surface area contributed by atoms with Crippen LogP contribution in [0.25, 0.3) is 4.96 Å². The molecule has 1 fully saturated rings. The number of ether oxygens (including phenoxy) is 1. The number of rotatable bonds is 6. The van der Waals surface area contributed by atoms with Crippen molar-refractivity contribution in [3.05, 3.63) is 41.3 Å². The minimum absolute atomic E-state index is 0.0499. The lowest BCUT2D eigenvalue weighted by atomic mass is 10.2. The molecule has 0 unspecified atom stereocenters. The number of fused-ring (bicyclic) bond motifs is 1. The van der Waals surface area contributed by atoms with Gasteiger partial charge in [0, 0.05) is 23.6 Å². The molecule has 3 aromatic heterocycles. The van der Waals surface area contributed by atoms with Crippen LogP contribution in [0.1, 0.15) is 30.1 Å². The fraction of sp³-hybridized carbons (Fsp3) is 0.375. The molecule has 9 heteroatoms.